The predicted molar refractivity (Wildman–Crippen MR) is 56.5 cm³/mol. The lowest BCUT2D eigenvalue weighted by molar-refractivity contribution is 0.194. The van der Waals surface area contributed by atoms with Crippen LogP contribution in [0.25, 0.3) is 0 Å². The maximum Gasteiger partial charge on any atom is 0.0479 e. The van der Waals surface area contributed by atoms with Gasteiger partial charge in [-0.25, -0.2) is 0 Å². The second-order valence-electron chi connectivity index (χ2n) is 1.41. The second-order valence-corrected chi connectivity index (χ2v) is 1.41. The number of rotatable bonds is 5. The van der Waals surface area contributed by atoms with Crippen LogP contribution in [0.5, 0.6) is 0 Å². The molecule has 11 heavy (non-hydrogen) atoms. The van der Waals surface area contributed by atoms with Gasteiger partial charge in [-0.3, -0.25) is 0 Å². The van der Waals surface area contributed by atoms with Crippen molar-refractivity contribution in [2.45, 2.75) is 20.3 Å². The molecule has 1 unspecified atom stereocenters. The van der Waals surface area contributed by atoms with E-state index in [1.54, 1.807) is 7.11 Å². The van der Waals surface area contributed by atoms with Crippen molar-refractivity contribution < 1.29 is 4.74 Å². The lowest BCUT2D eigenvalue weighted by atomic mass is 10.5. The van der Waals surface area contributed by atoms with Gasteiger partial charge in [0, 0.05) is 27.0 Å². The average Bonchev–Trinajstić information content (AvgIpc) is 2.02. The highest BCUT2D eigenvalue weighted by molar-refractivity contribution is 6.92. The molecular formula is C7H21N2OP. The number of nitrogens with zero attached hydrogens (tertiary/aromatic N) is 1. The number of nitrogens with one attached hydrogen (secondary N) is 1. The van der Waals surface area contributed by atoms with E-state index in [1.807, 2.05) is 13.8 Å². The Hall–Kier alpha value is -0.140. The Morgan fingerprint density at radius 2 is 2.00 bits per heavy atom. The zero-order chi connectivity index (χ0) is 8.24. The molecule has 3 nitrogen and oxygen atoms in total. The number of hydrogen-bond donors (Lipinski definition) is 1. The van der Waals surface area contributed by atoms with E-state index in [1.165, 1.54) is 0 Å². The van der Waals surface area contributed by atoms with Gasteiger partial charge in [-0.05, 0) is 6.42 Å². The number of hydrazone groups is 1. The zero-order valence-corrected chi connectivity index (χ0v) is 9.31. The Morgan fingerprint density at radius 3 is 2.36 bits per heavy atom. The van der Waals surface area contributed by atoms with Gasteiger partial charge in [-0.2, -0.15) is 15.0 Å². The highest BCUT2D eigenvalue weighted by atomic mass is 31.0. The van der Waals surface area contributed by atoms with E-state index in [9.17, 15) is 0 Å². The second kappa shape index (κ2) is 22.5. The summed E-state index contributed by atoms with van der Waals surface area (Å²) in [5.41, 5.74) is 2.72. The van der Waals surface area contributed by atoms with Crippen molar-refractivity contribution in [1.82, 2.24) is 5.43 Å². The Labute approximate surface area is 73.2 Å². The lowest BCUT2D eigenvalue weighted by Gasteiger charge is -1.96. The molecule has 0 spiro atoms. The van der Waals surface area contributed by atoms with Crippen LogP contribution >= 0.6 is 9.90 Å². The van der Waals surface area contributed by atoms with Crippen LogP contribution in [0.15, 0.2) is 5.10 Å². The molecule has 0 saturated carbocycles. The Bertz CT molecular complexity index is 62.4. The molecule has 1 atom stereocenters. The smallest absolute Gasteiger partial charge is 0.0479 e. The quantitative estimate of drug-likeness (QED) is 0.299. The highest BCUT2D eigenvalue weighted by Crippen LogP contribution is 1.74. The Morgan fingerprint density at radius 1 is 1.45 bits per heavy atom. The van der Waals surface area contributed by atoms with Gasteiger partial charge in [-0.15, -0.1) is 0 Å². The lowest BCUT2D eigenvalue weighted by Crippen LogP contribution is -2.08. The molecule has 0 saturated heterocycles. The first-order valence-corrected chi connectivity index (χ1v) is 3.59. The molecule has 0 rings (SSSR count). The summed E-state index contributed by atoms with van der Waals surface area (Å²) in [6.45, 7) is 8.88. The van der Waals surface area contributed by atoms with Gasteiger partial charge in [0.15, 0.2) is 0 Å². The summed E-state index contributed by atoms with van der Waals surface area (Å²) < 4.78 is 4.79. The predicted octanol–water partition coefficient (Wildman–Crippen LogP) is 1.31. The summed E-state index contributed by atoms with van der Waals surface area (Å²) in [7, 11) is 1.68. The largest absolute Gasteiger partial charge is 0.385 e. The fourth-order valence-corrected chi connectivity index (χ4v) is 0.375. The van der Waals surface area contributed by atoms with E-state index >= 15 is 0 Å². The molecule has 0 aromatic heterocycles. The first kappa shape index (κ1) is 17.1. The van der Waals surface area contributed by atoms with Crippen molar-refractivity contribution in [2.75, 3.05) is 20.3 Å². The highest BCUT2D eigenvalue weighted by Gasteiger charge is 1.80. The van der Waals surface area contributed by atoms with Crippen molar-refractivity contribution in [2.24, 2.45) is 5.10 Å². The molecule has 0 radical (unpaired) electrons. The van der Waals surface area contributed by atoms with Crippen molar-refractivity contribution in [1.29, 1.82) is 0 Å². The summed E-state index contributed by atoms with van der Waals surface area (Å²) in [5.74, 6) is 0. The van der Waals surface area contributed by atoms with Crippen LogP contribution < -0.4 is 5.43 Å². The molecule has 0 amide bonds. The van der Waals surface area contributed by atoms with Crippen LogP contribution in [0.1, 0.15) is 20.3 Å². The van der Waals surface area contributed by atoms with Crippen LogP contribution in [-0.2, 0) is 4.74 Å². The fourth-order valence-electron chi connectivity index (χ4n) is 0.375. The van der Waals surface area contributed by atoms with E-state index in [-0.39, 0.29) is 9.90 Å². The molecule has 0 aliphatic rings. The molecule has 0 aliphatic heterocycles. The summed E-state index contributed by atoms with van der Waals surface area (Å²) in [6, 6.07) is 0. The minimum absolute atomic E-state index is 0. The van der Waals surface area contributed by atoms with Crippen molar-refractivity contribution >= 4 is 16.6 Å². The Balaban J connectivity index is -0.000000196. The van der Waals surface area contributed by atoms with Crippen LogP contribution in [0.4, 0.5) is 0 Å². The summed E-state index contributed by atoms with van der Waals surface area (Å²) in [5, 5.41) is 3.45. The van der Waals surface area contributed by atoms with Crippen molar-refractivity contribution in [3.8, 4) is 0 Å². The third-order valence-corrected chi connectivity index (χ3v) is 0.749. The van der Waals surface area contributed by atoms with E-state index in [4.69, 9.17) is 4.74 Å². The van der Waals surface area contributed by atoms with Gasteiger partial charge >= 0.3 is 0 Å². The zero-order valence-electron chi connectivity index (χ0n) is 7.89. The third kappa shape index (κ3) is 25.8. The molecule has 70 valence electrons. The van der Waals surface area contributed by atoms with Gasteiger partial charge in [0.25, 0.3) is 0 Å². The summed E-state index contributed by atoms with van der Waals surface area (Å²) >= 11 is 0. The Kier molecular flexibility index (Phi) is 35.0. The monoisotopic (exact) mass is 180 g/mol. The molecule has 0 heterocycles. The molecule has 4 heteroatoms. The van der Waals surface area contributed by atoms with Crippen LogP contribution in [-0.4, -0.2) is 27.0 Å². The van der Waals surface area contributed by atoms with E-state index in [0.717, 1.165) is 19.6 Å². The van der Waals surface area contributed by atoms with Crippen LogP contribution in [0.2, 0.25) is 0 Å². The number of hydrogen-bond acceptors (Lipinski definition) is 3. The number of ether oxygens (including phenoxy) is 1. The van der Waals surface area contributed by atoms with Gasteiger partial charge in [0.05, 0.1) is 0 Å². The molecular weight excluding hydrogens is 159 g/mol. The molecule has 0 aromatic carbocycles. The van der Waals surface area contributed by atoms with Crippen LogP contribution in [0, 0.1) is 0 Å². The molecule has 0 aromatic rings. The standard InChI is InChI=1S/C5H12N2O.C2H6.H3P/c1-6-7-4-3-5-8-2;1-2;/h7H,1,3-5H2,2H3;1-2H3;1H3. The van der Waals surface area contributed by atoms with Gasteiger partial charge < -0.3 is 10.2 Å². The normalized spacial score (nSPS) is 6.82. The van der Waals surface area contributed by atoms with E-state index in [0.29, 0.717) is 0 Å². The van der Waals surface area contributed by atoms with E-state index < -0.39 is 0 Å². The van der Waals surface area contributed by atoms with Gasteiger partial charge in [0.1, 0.15) is 0 Å². The van der Waals surface area contributed by atoms with Gasteiger partial charge in [0.2, 0.25) is 0 Å². The summed E-state index contributed by atoms with van der Waals surface area (Å²) in [6.07, 6.45) is 0.982. The fraction of sp³-hybridized carbons (Fsp3) is 0.857. The first-order chi connectivity index (χ1) is 4.91. The van der Waals surface area contributed by atoms with Crippen LogP contribution in [0.3, 0.4) is 0 Å². The summed E-state index contributed by atoms with van der Waals surface area (Å²) in [4.78, 5) is 0. The molecule has 0 bridgehead atoms. The molecule has 0 fully saturated rings. The van der Waals surface area contributed by atoms with Crippen molar-refractivity contribution in [3.05, 3.63) is 0 Å². The first-order valence-electron chi connectivity index (χ1n) is 3.59. The third-order valence-electron chi connectivity index (χ3n) is 0.749. The minimum Gasteiger partial charge on any atom is -0.385 e. The average molecular weight is 180 g/mol. The van der Waals surface area contributed by atoms with Gasteiger partial charge in [-0.1, -0.05) is 13.8 Å². The minimum atomic E-state index is 0. The molecule has 1 N–H and O–H groups in total. The maximum atomic E-state index is 4.79. The van der Waals surface area contributed by atoms with E-state index in [2.05, 4.69) is 17.2 Å². The SMILES string of the molecule is C=NNCCCOC.CC.P. The van der Waals surface area contributed by atoms with Crippen molar-refractivity contribution in [3.63, 3.8) is 0 Å². The topological polar surface area (TPSA) is 33.6 Å². The maximum absolute atomic E-state index is 4.79. The molecule has 0 aliphatic carbocycles. The number of methoxy groups -OCH3 is 1.